The summed E-state index contributed by atoms with van der Waals surface area (Å²) in [4.78, 5) is 27.4. The monoisotopic (exact) mass is 359 g/mol. The van der Waals surface area contributed by atoms with E-state index in [1.165, 1.54) is 11.3 Å². The molecule has 132 valence electrons. The standard InChI is InChI=1S/C19H21NO4S/c1-24-12-16-8-9-17(25-16)18(21)20-10-2-3-15(11-20)13-4-6-14(7-5-13)19(22)23/h4-9,15H,2-3,10-12H2,1H3,(H,22,23). The molecule has 1 amide bonds. The third-order valence-electron chi connectivity index (χ3n) is 4.50. The van der Waals surface area contributed by atoms with Crippen LogP contribution in [-0.4, -0.2) is 42.1 Å². The van der Waals surface area contributed by atoms with E-state index < -0.39 is 5.97 Å². The van der Waals surface area contributed by atoms with Gasteiger partial charge in [0.05, 0.1) is 17.0 Å². The number of thiophene rings is 1. The molecule has 1 aliphatic heterocycles. The van der Waals surface area contributed by atoms with Crippen molar-refractivity contribution >= 4 is 23.2 Å². The highest BCUT2D eigenvalue weighted by Crippen LogP contribution is 2.29. The second-order valence-electron chi connectivity index (χ2n) is 6.22. The summed E-state index contributed by atoms with van der Waals surface area (Å²) in [5.41, 5.74) is 1.38. The van der Waals surface area contributed by atoms with E-state index in [0.29, 0.717) is 13.2 Å². The van der Waals surface area contributed by atoms with Crippen molar-refractivity contribution in [2.45, 2.75) is 25.4 Å². The van der Waals surface area contributed by atoms with Gasteiger partial charge in [0, 0.05) is 31.0 Å². The van der Waals surface area contributed by atoms with E-state index in [1.54, 1.807) is 19.2 Å². The molecule has 1 aliphatic rings. The third-order valence-corrected chi connectivity index (χ3v) is 5.54. The number of aromatic carboxylic acids is 1. The van der Waals surface area contributed by atoms with E-state index in [2.05, 4.69) is 0 Å². The lowest BCUT2D eigenvalue weighted by molar-refractivity contribution is 0.0694. The maximum Gasteiger partial charge on any atom is 0.335 e. The Morgan fingerprint density at radius 2 is 2.00 bits per heavy atom. The Labute approximate surface area is 150 Å². The number of piperidine rings is 1. The second kappa shape index (κ2) is 7.80. The van der Waals surface area contributed by atoms with Gasteiger partial charge >= 0.3 is 5.97 Å². The van der Waals surface area contributed by atoms with Crippen LogP contribution in [-0.2, 0) is 11.3 Å². The first-order valence-corrected chi connectivity index (χ1v) is 9.10. The molecular weight excluding hydrogens is 338 g/mol. The molecule has 3 rings (SSSR count). The van der Waals surface area contributed by atoms with Crippen LogP contribution >= 0.6 is 11.3 Å². The number of benzene rings is 1. The molecule has 2 aromatic rings. The van der Waals surface area contributed by atoms with Crippen LogP contribution in [0.15, 0.2) is 36.4 Å². The van der Waals surface area contributed by atoms with Crippen LogP contribution in [0.5, 0.6) is 0 Å². The molecule has 2 heterocycles. The number of nitrogens with zero attached hydrogens (tertiary/aromatic N) is 1. The summed E-state index contributed by atoms with van der Waals surface area (Å²) >= 11 is 1.48. The zero-order valence-electron chi connectivity index (χ0n) is 14.1. The van der Waals surface area contributed by atoms with E-state index in [1.807, 2.05) is 29.2 Å². The van der Waals surface area contributed by atoms with E-state index in [4.69, 9.17) is 9.84 Å². The van der Waals surface area contributed by atoms with Gasteiger partial charge in [0.25, 0.3) is 5.91 Å². The number of likely N-dealkylation sites (tertiary alicyclic amines) is 1. The molecule has 1 unspecified atom stereocenters. The topological polar surface area (TPSA) is 66.8 Å². The fourth-order valence-electron chi connectivity index (χ4n) is 3.20. The number of hydrogen-bond acceptors (Lipinski definition) is 4. The first-order valence-electron chi connectivity index (χ1n) is 8.28. The van der Waals surface area contributed by atoms with E-state index in [0.717, 1.165) is 34.7 Å². The van der Waals surface area contributed by atoms with Crippen LogP contribution in [0.25, 0.3) is 0 Å². The molecule has 1 aromatic carbocycles. The highest BCUT2D eigenvalue weighted by molar-refractivity contribution is 7.14. The van der Waals surface area contributed by atoms with Crippen molar-refractivity contribution in [3.63, 3.8) is 0 Å². The molecule has 6 heteroatoms. The molecule has 1 fully saturated rings. The first kappa shape index (κ1) is 17.6. The summed E-state index contributed by atoms with van der Waals surface area (Å²) in [6.45, 7) is 1.96. The zero-order valence-corrected chi connectivity index (χ0v) is 14.9. The number of carbonyl (C=O) groups is 2. The predicted octanol–water partition coefficient (Wildman–Crippen LogP) is 3.61. The summed E-state index contributed by atoms with van der Waals surface area (Å²) < 4.78 is 5.11. The second-order valence-corrected chi connectivity index (χ2v) is 7.38. The largest absolute Gasteiger partial charge is 0.478 e. The molecule has 0 radical (unpaired) electrons. The van der Waals surface area contributed by atoms with Gasteiger partial charge in [0.1, 0.15) is 0 Å². The Balaban J connectivity index is 1.69. The van der Waals surface area contributed by atoms with Gasteiger partial charge in [-0.25, -0.2) is 4.79 Å². The number of ether oxygens (including phenoxy) is 1. The third kappa shape index (κ3) is 4.08. The lowest BCUT2D eigenvalue weighted by Crippen LogP contribution is -2.38. The minimum Gasteiger partial charge on any atom is -0.478 e. The summed E-state index contributed by atoms with van der Waals surface area (Å²) in [7, 11) is 1.64. The molecule has 0 bridgehead atoms. The van der Waals surface area contributed by atoms with Crippen LogP contribution in [0.1, 0.15) is 49.2 Å². The minimum atomic E-state index is -0.920. The number of methoxy groups -OCH3 is 1. The average Bonchev–Trinajstić information content (AvgIpc) is 3.10. The van der Waals surface area contributed by atoms with Gasteiger partial charge in [-0.1, -0.05) is 12.1 Å². The van der Waals surface area contributed by atoms with E-state index in [-0.39, 0.29) is 17.4 Å². The lowest BCUT2D eigenvalue weighted by Gasteiger charge is -2.32. The Morgan fingerprint density at radius 1 is 1.24 bits per heavy atom. The number of carboxylic acids is 1. The zero-order chi connectivity index (χ0) is 17.8. The van der Waals surface area contributed by atoms with Crippen molar-refractivity contribution in [2.75, 3.05) is 20.2 Å². The number of amides is 1. The summed E-state index contributed by atoms with van der Waals surface area (Å²) in [5.74, 6) is -0.602. The lowest BCUT2D eigenvalue weighted by atomic mass is 9.90. The Morgan fingerprint density at radius 3 is 2.68 bits per heavy atom. The molecule has 1 aromatic heterocycles. The van der Waals surface area contributed by atoms with Gasteiger partial charge in [0.15, 0.2) is 0 Å². The van der Waals surface area contributed by atoms with Gasteiger partial charge in [-0.2, -0.15) is 0 Å². The molecule has 5 nitrogen and oxygen atoms in total. The van der Waals surface area contributed by atoms with E-state index in [9.17, 15) is 9.59 Å². The first-order chi connectivity index (χ1) is 12.1. The van der Waals surface area contributed by atoms with Gasteiger partial charge in [0.2, 0.25) is 0 Å². The maximum atomic E-state index is 12.8. The van der Waals surface area contributed by atoms with Gasteiger partial charge in [-0.3, -0.25) is 4.79 Å². The van der Waals surface area contributed by atoms with Gasteiger partial charge in [-0.15, -0.1) is 11.3 Å². The van der Waals surface area contributed by atoms with Crippen LogP contribution in [0.3, 0.4) is 0 Å². The molecule has 25 heavy (non-hydrogen) atoms. The highest BCUT2D eigenvalue weighted by Gasteiger charge is 2.26. The van der Waals surface area contributed by atoms with Crippen LogP contribution in [0, 0.1) is 0 Å². The number of rotatable bonds is 5. The predicted molar refractivity (Wildman–Crippen MR) is 96.3 cm³/mol. The Hall–Kier alpha value is -2.18. The summed E-state index contributed by atoms with van der Waals surface area (Å²) in [6.07, 6.45) is 1.96. The molecular formula is C19H21NO4S. The van der Waals surface area contributed by atoms with Crippen molar-refractivity contribution < 1.29 is 19.4 Å². The quantitative estimate of drug-likeness (QED) is 0.885. The fourth-order valence-corrected chi connectivity index (χ4v) is 4.15. The molecule has 1 saturated heterocycles. The van der Waals surface area contributed by atoms with E-state index >= 15 is 0 Å². The molecule has 1 atom stereocenters. The number of hydrogen-bond donors (Lipinski definition) is 1. The Bertz CT molecular complexity index is 753. The fraction of sp³-hybridized carbons (Fsp3) is 0.368. The smallest absolute Gasteiger partial charge is 0.335 e. The summed E-state index contributed by atoms with van der Waals surface area (Å²) in [6, 6.07) is 10.8. The number of carboxylic acid groups (broad SMARTS) is 1. The molecule has 0 aliphatic carbocycles. The van der Waals surface area contributed by atoms with Crippen molar-refractivity contribution in [1.29, 1.82) is 0 Å². The van der Waals surface area contributed by atoms with Gasteiger partial charge in [-0.05, 0) is 42.7 Å². The SMILES string of the molecule is COCc1ccc(C(=O)N2CCCC(c3ccc(C(=O)O)cc3)C2)s1. The molecule has 1 N–H and O–H groups in total. The van der Waals surface area contributed by atoms with Crippen LogP contribution in [0.4, 0.5) is 0 Å². The summed E-state index contributed by atoms with van der Waals surface area (Å²) in [5, 5.41) is 9.01. The number of carbonyl (C=O) groups excluding carboxylic acids is 1. The average molecular weight is 359 g/mol. The van der Waals surface area contributed by atoms with Crippen molar-refractivity contribution in [3.8, 4) is 0 Å². The highest BCUT2D eigenvalue weighted by atomic mass is 32.1. The van der Waals surface area contributed by atoms with Crippen LogP contribution in [0.2, 0.25) is 0 Å². The van der Waals surface area contributed by atoms with Crippen molar-refractivity contribution in [1.82, 2.24) is 4.90 Å². The molecule has 0 spiro atoms. The molecule has 0 saturated carbocycles. The van der Waals surface area contributed by atoms with Crippen LogP contribution < -0.4 is 0 Å². The normalized spacial score (nSPS) is 17.5. The minimum absolute atomic E-state index is 0.0687. The van der Waals surface area contributed by atoms with Gasteiger partial charge < -0.3 is 14.7 Å². The maximum absolute atomic E-state index is 12.8. The van der Waals surface area contributed by atoms with Crippen molar-refractivity contribution in [2.24, 2.45) is 0 Å². The van der Waals surface area contributed by atoms with Crippen molar-refractivity contribution in [3.05, 3.63) is 57.3 Å². The Kier molecular flexibility index (Phi) is 5.50.